The van der Waals surface area contributed by atoms with E-state index in [-0.39, 0.29) is 24.0 Å². The number of aryl methyl sites for hydroxylation is 2. The van der Waals surface area contributed by atoms with Crippen molar-refractivity contribution in [2.45, 2.75) is 64.9 Å². The van der Waals surface area contributed by atoms with Crippen molar-refractivity contribution in [2.24, 2.45) is 10.9 Å². The van der Waals surface area contributed by atoms with E-state index in [9.17, 15) is 0 Å². The number of aliphatic imine (C=N–C) groups is 1. The van der Waals surface area contributed by atoms with E-state index in [1.54, 1.807) is 0 Å². The van der Waals surface area contributed by atoms with Gasteiger partial charge in [0.25, 0.3) is 0 Å². The number of rotatable bonds is 6. The Kier molecular flexibility index (Phi) is 9.35. The molecule has 6 nitrogen and oxygen atoms in total. The lowest BCUT2D eigenvalue weighted by Gasteiger charge is -2.34. The second-order valence-electron chi connectivity index (χ2n) is 7.70. The van der Waals surface area contributed by atoms with Crippen molar-refractivity contribution in [1.29, 1.82) is 0 Å². The summed E-state index contributed by atoms with van der Waals surface area (Å²) in [7, 11) is 1.86. The SMILES string of the molecule is CN=C(NCCc1c(C)noc1C)N1CCC(OCC2CCCC2)CC1.I. The van der Waals surface area contributed by atoms with Crippen LogP contribution in [-0.4, -0.2) is 55.4 Å². The predicted molar refractivity (Wildman–Crippen MR) is 119 cm³/mol. The van der Waals surface area contributed by atoms with Crippen LogP contribution in [-0.2, 0) is 11.2 Å². The number of nitrogens with zero attached hydrogens (tertiary/aromatic N) is 3. The first-order valence-electron chi connectivity index (χ1n) is 10.2. The van der Waals surface area contributed by atoms with E-state index in [0.717, 1.165) is 68.8 Å². The van der Waals surface area contributed by atoms with Crippen molar-refractivity contribution in [2.75, 3.05) is 33.3 Å². The summed E-state index contributed by atoms with van der Waals surface area (Å²) < 4.78 is 11.4. The summed E-state index contributed by atoms with van der Waals surface area (Å²) >= 11 is 0. The number of hydrogen-bond acceptors (Lipinski definition) is 4. The van der Waals surface area contributed by atoms with Crippen molar-refractivity contribution in [3.8, 4) is 0 Å². The molecule has 1 aromatic heterocycles. The monoisotopic (exact) mass is 490 g/mol. The third-order valence-corrected chi connectivity index (χ3v) is 5.84. The number of hydrogen-bond donors (Lipinski definition) is 1. The Labute approximate surface area is 180 Å². The van der Waals surface area contributed by atoms with Crippen molar-refractivity contribution in [1.82, 2.24) is 15.4 Å². The average molecular weight is 490 g/mol. The zero-order valence-corrected chi connectivity index (χ0v) is 19.3. The highest BCUT2D eigenvalue weighted by Gasteiger charge is 2.24. The maximum Gasteiger partial charge on any atom is 0.193 e. The van der Waals surface area contributed by atoms with E-state index >= 15 is 0 Å². The lowest BCUT2D eigenvalue weighted by Crippen LogP contribution is -2.47. The molecule has 1 N–H and O–H groups in total. The molecular formula is C20H35IN4O2. The minimum absolute atomic E-state index is 0. The van der Waals surface area contributed by atoms with Crippen molar-refractivity contribution in [3.05, 3.63) is 17.0 Å². The molecule has 0 amide bonds. The molecule has 0 unspecified atom stereocenters. The molecule has 3 rings (SSSR count). The van der Waals surface area contributed by atoms with Gasteiger partial charge in [-0.15, -0.1) is 24.0 Å². The number of guanidine groups is 1. The molecular weight excluding hydrogens is 455 g/mol. The van der Waals surface area contributed by atoms with Crippen molar-refractivity contribution in [3.63, 3.8) is 0 Å². The maximum atomic E-state index is 6.18. The van der Waals surface area contributed by atoms with E-state index in [1.807, 2.05) is 20.9 Å². The van der Waals surface area contributed by atoms with Crippen LogP contribution in [0.4, 0.5) is 0 Å². The summed E-state index contributed by atoms with van der Waals surface area (Å²) in [4.78, 5) is 6.81. The second kappa shape index (κ2) is 11.2. The van der Waals surface area contributed by atoms with Gasteiger partial charge in [-0.3, -0.25) is 4.99 Å². The lowest BCUT2D eigenvalue weighted by atomic mass is 10.1. The van der Waals surface area contributed by atoms with Crippen LogP contribution in [0.2, 0.25) is 0 Å². The Hall–Kier alpha value is -0.830. The van der Waals surface area contributed by atoms with Gasteiger partial charge < -0.3 is 19.5 Å². The van der Waals surface area contributed by atoms with Crippen LogP contribution in [0.5, 0.6) is 0 Å². The summed E-state index contributed by atoms with van der Waals surface area (Å²) in [5.41, 5.74) is 2.19. The molecule has 27 heavy (non-hydrogen) atoms. The topological polar surface area (TPSA) is 62.9 Å². The van der Waals surface area contributed by atoms with Gasteiger partial charge in [-0.1, -0.05) is 18.0 Å². The van der Waals surface area contributed by atoms with Gasteiger partial charge in [0.15, 0.2) is 5.96 Å². The molecule has 0 bridgehead atoms. The smallest absolute Gasteiger partial charge is 0.193 e. The van der Waals surface area contributed by atoms with Crippen LogP contribution in [0.1, 0.15) is 55.5 Å². The van der Waals surface area contributed by atoms with Gasteiger partial charge in [0, 0.05) is 38.9 Å². The summed E-state index contributed by atoms with van der Waals surface area (Å²) in [6.45, 7) is 7.81. The molecule has 0 aromatic carbocycles. The molecule has 2 heterocycles. The molecule has 1 saturated heterocycles. The molecule has 0 atom stereocenters. The van der Waals surface area contributed by atoms with Gasteiger partial charge in [0.05, 0.1) is 11.8 Å². The zero-order chi connectivity index (χ0) is 18.4. The van der Waals surface area contributed by atoms with E-state index in [2.05, 4.69) is 20.4 Å². The highest BCUT2D eigenvalue weighted by atomic mass is 127. The molecule has 1 aromatic rings. The molecule has 0 spiro atoms. The Morgan fingerprint density at radius 1 is 1.22 bits per heavy atom. The minimum Gasteiger partial charge on any atom is -0.378 e. The van der Waals surface area contributed by atoms with Gasteiger partial charge in [-0.25, -0.2) is 0 Å². The van der Waals surface area contributed by atoms with E-state index < -0.39 is 0 Å². The lowest BCUT2D eigenvalue weighted by molar-refractivity contribution is 0.00103. The number of nitrogens with one attached hydrogen (secondary N) is 1. The Balaban J connectivity index is 0.00000261. The van der Waals surface area contributed by atoms with Gasteiger partial charge in [-0.05, 0) is 51.9 Å². The van der Waals surface area contributed by atoms with Crippen LogP contribution in [0.15, 0.2) is 9.52 Å². The third kappa shape index (κ3) is 6.34. The number of likely N-dealkylation sites (tertiary alicyclic amines) is 1. The van der Waals surface area contributed by atoms with Crippen molar-refractivity contribution >= 4 is 29.9 Å². The zero-order valence-electron chi connectivity index (χ0n) is 17.0. The first-order chi connectivity index (χ1) is 12.7. The molecule has 7 heteroatoms. The van der Waals surface area contributed by atoms with Crippen LogP contribution in [0, 0.1) is 19.8 Å². The van der Waals surface area contributed by atoms with Gasteiger partial charge in [-0.2, -0.15) is 0 Å². The fourth-order valence-electron chi connectivity index (χ4n) is 4.17. The van der Waals surface area contributed by atoms with E-state index in [4.69, 9.17) is 9.26 Å². The molecule has 1 saturated carbocycles. The standard InChI is InChI=1S/C20H34N4O2.HI/c1-15-19(16(2)26-23-15)8-11-22-20(21-3)24-12-9-18(10-13-24)25-14-17-6-4-5-7-17;/h17-18H,4-14H2,1-3H3,(H,21,22);1H. The van der Waals surface area contributed by atoms with Crippen LogP contribution in [0.25, 0.3) is 0 Å². The quantitative estimate of drug-likeness (QED) is 0.375. The Morgan fingerprint density at radius 2 is 1.93 bits per heavy atom. The first kappa shape index (κ1) is 22.5. The molecule has 154 valence electrons. The van der Waals surface area contributed by atoms with Gasteiger partial charge in [0.2, 0.25) is 0 Å². The highest BCUT2D eigenvalue weighted by molar-refractivity contribution is 14.0. The number of halogens is 1. The summed E-state index contributed by atoms with van der Waals surface area (Å²) in [6.07, 6.45) is 9.02. The maximum absolute atomic E-state index is 6.18. The highest BCUT2D eigenvalue weighted by Crippen LogP contribution is 2.26. The van der Waals surface area contributed by atoms with E-state index in [1.165, 1.54) is 31.2 Å². The van der Waals surface area contributed by atoms with Gasteiger partial charge in [0.1, 0.15) is 5.76 Å². The average Bonchev–Trinajstić information content (AvgIpc) is 3.29. The third-order valence-electron chi connectivity index (χ3n) is 5.84. The normalized spacial score (nSPS) is 19.4. The second-order valence-corrected chi connectivity index (χ2v) is 7.70. The molecule has 2 fully saturated rings. The molecule has 1 aliphatic heterocycles. The van der Waals surface area contributed by atoms with E-state index in [0.29, 0.717) is 6.10 Å². The fraction of sp³-hybridized carbons (Fsp3) is 0.800. The summed E-state index contributed by atoms with van der Waals surface area (Å²) in [5.74, 6) is 2.72. The molecule has 1 aliphatic carbocycles. The van der Waals surface area contributed by atoms with Crippen LogP contribution in [0.3, 0.4) is 0 Å². The minimum atomic E-state index is 0. The molecule has 2 aliphatic rings. The predicted octanol–water partition coefficient (Wildman–Crippen LogP) is 3.70. The number of piperidine rings is 1. The fourth-order valence-corrected chi connectivity index (χ4v) is 4.17. The Bertz CT molecular complexity index is 571. The largest absolute Gasteiger partial charge is 0.378 e. The first-order valence-corrected chi connectivity index (χ1v) is 10.2. The summed E-state index contributed by atoms with van der Waals surface area (Å²) in [6, 6.07) is 0. The number of ether oxygens (including phenoxy) is 1. The number of aromatic nitrogens is 1. The van der Waals surface area contributed by atoms with Crippen LogP contribution < -0.4 is 5.32 Å². The Morgan fingerprint density at radius 3 is 2.52 bits per heavy atom. The molecule has 0 radical (unpaired) electrons. The van der Waals surface area contributed by atoms with Crippen LogP contribution >= 0.6 is 24.0 Å². The summed E-state index contributed by atoms with van der Waals surface area (Å²) in [5, 5.41) is 7.51. The van der Waals surface area contributed by atoms with Gasteiger partial charge >= 0.3 is 0 Å². The van der Waals surface area contributed by atoms with Crippen molar-refractivity contribution < 1.29 is 9.26 Å².